The summed E-state index contributed by atoms with van der Waals surface area (Å²) < 4.78 is 5.56. The van der Waals surface area contributed by atoms with E-state index in [0.29, 0.717) is 24.0 Å². The van der Waals surface area contributed by atoms with Gasteiger partial charge in [0.1, 0.15) is 11.8 Å². The summed E-state index contributed by atoms with van der Waals surface area (Å²) in [5.41, 5.74) is 0.630. The quantitative estimate of drug-likeness (QED) is 0.772. The number of carbonyl (C=O) groups excluding carboxylic acids is 2. The average Bonchev–Trinajstić information content (AvgIpc) is 2.61. The number of rotatable bonds is 7. The third-order valence-corrected chi connectivity index (χ3v) is 5.08. The van der Waals surface area contributed by atoms with Crippen LogP contribution in [0.2, 0.25) is 0 Å². The number of anilines is 1. The van der Waals surface area contributed by atoms with E-state index in [1.54, 1.807) is 0 Å². The highest BCUT2D eigenvalue weighted by atomic mass is 16.5. The lowest BCUT2D eigenvalue weighted by molar-refractivity contribution is -0.131. The van der Waals surface area contributed by atoms with Gasteiger partial charge < -0.3 is 15.4 Å². The van der Waals surface area contributed by atoms with Gasteiger partial charge in [-0.3, -0.25) is 9.59 Å². The number of nitrogens with one attached hydrogen (secondary N) is 2. The van der Waals surface area contributed by atoms with Crippen LogP contribution >= 0.6 is 0 Å². The van der Waals surface area contributed by atoms with Crippen LogP contribution in [0, 0.1) is 17.8 Å². The highest BCUT2D eigenvalue weighted by molar-refractivity contribution is 5.98. The molecule has 1 saturated carbocycles. The first-order chi connectivity index (χ1) is 12.4. The molecule has 0 heterocycles. The molecule has 26 heavy (non-hydrogen) atoms. The molecule has 1 aliphatic rings. The van der Waals surface area contributed by atoms with Crippen LogP contribution in [0.25, 0.3) is 0 Å². The van der Waals surface area contributed by atoms with Gasteiger partial charge in [-0.25, -0.2) is 0 Å². The summed E-state index contributed by atoms with van der Waals surface area (Å²) in [6.07, 6.45) is 3.98. The van der Waals surface area contributed by atoms with Crippen LogP contribution in [-0.2, 0) is 9.59 Å². The third-order valence-electron chi connectivity index (χ3n) is 5.08. The molecule has 1 aromatic rings. The Morgan fingerprint density at radius 3 is 2.42 bits per heavy atom. The van der Waals surface area contributed by atoms with Crippen LogP contribution in [-0.4, -0.2) is 24.5 Å². The Balaban J connectivity index is 2.02. The summed E-state index contributed by atoms with van der Waals surface area (Å²) in [4.78, 5) is 25.4. The maximum absolute atomic E-state index is 12.8. The van der Waals surface area contributed by atoms with E-state index in [-0.39, 0.29) is 23.7 Å². The minimum Gasteiger partial charge on any atom is -0.492 e. The summed E-state index contributed by atoms with van der Waals surface area (Å²) in [6.45, 7) is 8.55. The molecular weight excluding hydrogens is 328 g/mol. The molecule has 2 rings (SSSR count). The van der Waals surface area contributed by atoms with E-state index in [4.69, 9.17) is 4.74 Å². The van der Waals surface area contributed by atoms with E-state index >= 15 is 0 Å². The van der Waals surface area contributed by atoms with Gasteiger partial charge in [-0.15, -0.1) is 0 Å². The molecule has 144 valence electrons. The second-order valence-electron chi connectivity index (χ2n) is 7.61. The van der Waals surface area contributed by atoms with E-state index in [2.05, 4.69) is 17.6 Å². The highest BCUT2D eigenvalue weighted by Crippen LogP contribution is 2.29. The summed E-state index contributed by atoms with van der Waals surface area (Å²) in [7, 11) is 0. The first-order valence-corrected chi connectivity index (χ1v) is 9.75. The Kier molecular flexibility index (Phi) is 7.49. The van der Waals surface area contributed by atoms with Gasteiger partial charge in [0.25, 0.3) is 0 Å². The molecule has 5 nitrogen and oxygen atoms in total. The van der Waals surface area contributed by atoms with Crippen LogP contribution in [0.5, 0.6) is 5.75 Å². The largest absolute Gasteiger partial charge is 0.492 e. The molecule has 5 heteroatoms. The lowest BCUT2D eigenvalue weighted by Gasteiger charge is -2.28. The molecule has 0 saturated heterocycles. The van der Waals surface area contributed by atoms with Gasteiger partial charge in [0.15, 0.2) is 0 Å². The average molecular weight is 360 g/mol. The first-order valence-electron chi connectivity index (χ1n) is 9.75. The number of hydrogen-bond acceptors (Lipinski definition) is 3. The van der Waals surface area contributed by atoms with Crippen molar-refractivity contribution in [1.82, 2.24) is 5.32 Å². The normalized spacial score (nSPS) is 21.1. The molecule has 0 aliphatic heterocycles. The number of ether oxygens (including phenoxy) is 1. The minimum atomic E-state index is -0.559. The van der Waals surface area contributed by atoms with Crippen molar-refractivity contribution in [3.05, 3.63) is 24.3 Å². The summed E-state index contributed by atoms with van der Waals surface area (Å²) in [5.74, 6) is 1.15. The lowest BCUT2D eigenvalue weighted by atomic mass is 9.82. The molecule has 0 aromatic heterocycles. The predicted molar refractivity (Wildman–Crippen MR) is 104 cm³/mol. The van der Waals surface area contributed by atoms with Crippen molar-refractivity contribution >= 4 is 17.5 Å². The molecule has 0 spiro atoms. The Morgan fingerprint density at radius 2 is 1.81 bits per heavy atom. The third kappa shape index (κ3) is 5.48. The fourth-order valence-corrected chi connectivity index (χ4v) is 3.39. The molecule has 0 radical (unpaired) electrons. The number of benzene rings is 1. The molecule has 1 fully saturated rings. The van der Waals surface area contributed by atoms with E-state index < -0.39 is 6.04 Å². The highest BCUT2D eigenvalue weighted by Gasteiger charge is 2.30. The van der Waals surface area contributed by atoms with Crippen LogP contribution in [0.3, 0.4) is 0 Å². The zero-order valence-electron chi connectivity index (χ0n) is 16.4. The smallest absolute Gasteiger partial charge is 0.247 e. The Bertz CT molecular complexity index is 607. The Morgan fingerprint density at radius 1 is 1.15 bits per heavy atom. The fourth-order valence-electron chi connectivity index (χ4n) is 3.39. The second-order valence-corrected chi connectivity index (χ2v) is 7.61. The molecule has 1 aromatic carbocycles. The van der Waals surface area contributed by atoms with Crippen molar-refractivity contribution < 1.29 is 14.3 Å². The van der Waals surface area contributed by atoms with Crippen molar-refractivity contribution in [2.75, 3.05) is 11.9 Å². The van der Waals surface area contributed by atoms with Crippen LogP contribution in [0.1, 0.15) is 53.4 Å². The number of carbonyl (C=O) groups is 2. The van der Waals surface area contributed by atoms with Crippen molar-refractivity contribution in [1.29, 1.82) is 0 Å². The predicted octanol–water partition coefficient (Wildman–Crippen LogP) is 3.99. The zero-order chi connectivity index (χ0) is 19.1. The lowest BCUT2D eigenvalue weighted by Crippen LogP contribution is -2.49. The van der Waals surface area contributed by atoms with E-state index in [0.717, 1.165) is 25.7 Å². The van der Waals surface area contributed by atoms with Crippen molar-refractivity contribution in [3.63, 3.8) is 0 Å². The molecule has 1 atom stereocenters. The summed E-state index contributed by atoms with van der Waals surface area (Å²) in [6, 6.07) is 6.80. The zero-order valence-corrected chi connectivity index (χ0v) is 16.4. The number of amides is 2. The van der Waals surface area contributed by atoms with Crippen LogP contribution in [0.4, 0.5) is 5.69 Å². The molecule has 0 bridgehead atoms. The monoisotopic (exact) mass is 360 g/mol. The van der Waals surface area contributed by atoms with Gasteiger partial charge in [-0.1, -0.05) is 32.9 Å². The maximum atomic E-state index is 12.8. The van der Waals surface area contributed by atoms with Gasteiger partial charge in [-0.2, -0.15) is 0 Å². The first kappa shape index (κ1) is 20.3. The van der Waals surface area contributed by atoms with Gasteiger partial charge in [0.2, 0.25) is 11.8 Å². The summed E-state index contributed by atoms with van der Waals surface area (Å²) in [5, 5.41) is 5.89. The Labute approximate surface area is 156 Å². The molecule has 0 unspecified atom stereocenters. The second kappa shape index (κ2) is 9.60. The molecular formula is C21H32N2O3. The van der Waals surface area contributed by atoms with Crippen LogP contribution in [0.15, 0.2) is 24.3 Å². The maximum Gasteiger partial charge on any atom is 0.247 e. The Hall–Kier alpha value is -2.04. The van der Waals surface area contributed by atoms with E-state index in [1.807, 2.05) is 45.0 Å². The molecule has 1 aliphatic carbocycles. The van der Waals surface area contributed by atoms with E-state index in [9.17, 15) is 9.59 Å². The number of hydrogen-bond donors (Lipinski definition) is 2. The fraction of sp³-hybridized carbons (Fsp3) is 0.619. The van der Waals surface area contributed by atoms with Crippen LogP contribution < -0.4 is 15.4 Å². The number of para-hydroxylation sites is 2. The van der Waals surface area contributed by atoms with Crippen molar-refractivity contribution in [3.8, 4) is 5.75 Å². The van der Waals surface area contributed by atoms with Gasteiger partial charge in [-0.05, 0) is 56.6 Å². The molecule has 2 amide bonds. The minimum absolute atomic E-state index is 0.000667. The molecule has 2 N–H and O–H groups in total. The SMILES string of the molecule is CCOc1ccccc1NC(=O)[C@H](NC(=O)C1CCC(C)CC1)C(C)C. The standard InChI is InChI=1S/C21H32N2O3/c1-5-26-18-9-7-6-8-17(18)22-21(25)19(14(2)3)23-20(24)16-12-10-15(4)11-13-16/h6-9,14-16,19H,5,10-13H2,1-4H3,(H,22,25)(H,23,24)/t15?,16?,19-/m1/s1. The topological polar surface area (TPSA) is 67.4 Å². The summed E-state index contributed by atoms with van der Waals surface area (Å²) >= 11 is 0. The van der Waals surface area contributed by atoms with Crippen molar-refractivity contribution in [2.24, 2.45) is 17.8 Å². The van der Waals surface area contributed by atoms with Gasteiger partial charge in [0, 0.05) is 5.92 Å². The van der Waals surface area contributed by atoms with E-state index in [1.165, 1.54) is 0 Å². The van der Waals surface area contributed by atoms with Crippen molar-refractivity contribution in [2.45, 2.75) is 59.4 Å². The van der Waals surface area contributed by atoms with Gasteiger partial charge in [0.05, 0.1) is 12.3 Å². The van der Waals surface area contributed by atoms with Gasteiger partial charge >= 0.3 is 0 Å².